The average molecular weight is 283 g/mol. The summed E-state index contributed by atoms with van der Waals surface area (Å²) in [6.07, 6.45) is 0.362. The van der Waals surface area contributed by atoms with Gasteiger partial charge in [0, 0.05) is 17.7 Å². The molecule has 0 saturated heterocycles. The number of benzene rings is 1. The second kappa shape index (κ2) is 4.98. The van der Waals surface area contributed by atoms with Crippen LogP contribution in [0.25, 0.3) is 0 Å². The van der Waals surface area contributed by atoms with E-state index in [0.717, 1.165) is 11.1 Å². The highest BCUT2D eigenvalue weighted by molar-refractivity contribution is 7.89. The molecule has 0 fully saturated rings. The Bertz CT molecular complexity index is 536. The van der Waals surface area contributed by atoms with Gasteiger partial charge in [0.25, 0.3) is 0 Å². The van der Waals surface area contributed by atoms with Crippen molar-refractivity contribution >= 4 is 28.2 Å². The molecule has 0 aromatic heterocycles. The Morgan fingerprint density at radius 3 is 2.44 bits per heavy atom. The molecule has 1 aromatic rings. The van der Waals surface area contributed by atoms with E-state index in [1.54, 1.807) is 24.3 Å². The molecular formula is C14H15ClO2S. The lowest BCUT2D eigenvalue weighted by atomic mass is 9.99. The number of halogens is 1. The summed E-state index contributed by atoms with van der Waals surface area (Å²) >= 11 is 6.39. The van der Waals surface area contributed by atoms with Crippen LogP contribution in [0, 0.1) is 0 Å². The fourth-order valence-corrected chi connectivity index (χ4v) is 4.04. The highest BCUT2D eigenvalue weighted by Gasteiger charge is 2.45. The smallest absolute Gasteiger partial charge is 0.196 e. The number of carbonyl (C=O) groups excluding carboxylic acids is 1. The summed E-state index contributed by atoms with van der Waals surface area (Å²) in [4.78, 5) is 12.4. The summed E-state index contributed by atoms with van der Waals surface area (Å²) in [5.41, 5.74) is 2.66. The largest absolute Gasteiger partial charge is 0.291 e. The number of Topliss-reactive ketones (excluding diaryl/α,β-unsaturated/α-hetero) is 1. The quantitative estimate of drug-likeness (QED) is 0.474. The van der Waals surface area contributed by atoms with Crippen LogP contribution in [0.15, 0.2) is 41.5 Å². The van der Waals surface area contributed by atoms with Gasteiger partial charge in [-0.1, -0.05) is 53.1 Å². The van der Waals surface area contributed by atoms with Gasteiger partial charge < -0.3 is 0 Å². The number of rotatable bonds is 2. The van der Waals surface area contributed by atoms with Crippen molar-refractivity contribution in [3.05, 3.63) is 47.0 Å². The Kier molecular flexibility index (Phi) is 3.74. The number of carbonyl (C=O) groups is 1. The average Bonchev–Trinajstić information content (AvgIpc) is 2.37. The van der Waals surface area contributed by atoms with Gasteiger partial charge in [-0.25, -0.2) is 0 Å². The lowest BCUT2D eigenvalue weighted by molar-refractivity contribution is 0.0973. The van der Waals surface area contributed by atoms with Gasteiger partial charge in [-0.15, -0.1) is 0 Å². The second-order valence-electron chi connectivity index (χ2n) is 4.65. The number of hydrogen-bond donors (Lipinski definition) is 0. The van der Waals surface area contributed by atoms with Gasteiger partial charge in [0.1, 0.15) is 0 Å². The molecule has 1 aromatic carbocycles. The molecule has 0 N–H and O–H groups in total. The van der Waals surface area contributed by atoms with E-state index in [9.17, 15) is 9.00 Å². The lowest BCUT2D eigenvalue weighted by Crippen LogP contribution is -2.41. The van der Waals surface area contributed by atoms with Crippen LogP contribution in [0.1, 0.15) is 30.6 Å². The van der Waals surface area contributed by atoms with Crippen LogP contribution in [0.5, 0.6) is 0 Å². The highest BCUT2D eigenvalue weighted by atomic mass is 35.5. The minimum atomic E-state index is -1.37. The molecular weight excluding hydrogens is 268 g/mol. The molecule has 0 aliphatic carbocycles. The van der Waals surface area contributed by atoms with E-state index in [1.807, 2.05) is 19.9 Å². The first kappa shape index (κ1) is 13.5. The molecule has 4 heteroatoms. The van der Waals surface area contributed by atoms with Gasteiger partial charge in [0.15, 0.2) is 9.99 Å². The van der Waals surface area contributed by atoms with Crippen molar-refractivity contribution in [2.45, 2.75) is 24.5 Å². The first-order chi connectivity index (χ1) is 8.45. The molecule has 0 saturated carbocycles. The Labute approximate surface area is 114 Å². The van der Waals surface area contributed by atoms with Crippen LogP contribution in [0.2, 0.25) is 0 Å². The summed E-state index contributed by atoms with van der Waals surface area (Å²) < 4.78 is 10.9. The molecule has 0 spiro atoms. The summed E-state index contributed by atoms with van der Waals surface area (Å²) in [6.45, 7) is 3.89. The normalized spacial score (nSPS) is 28.3. The summed E-state index contributed by atoms with van der Waals surface area (Å²) in [6, 6.07) is 8.83. The molecule has 96 valence electrons. The van der Waals surface area contributed by atoms with Crippen molar-refractivity contribution in [1.29, 1.82) is 0 Å². The molecule has 2 nitrogen and oxygen atoms in total. The Morgan fingerprint density at radius 2 is 1.83 bits per heavy atom. The maximum absolute atomic E-state index is 12.4. The van der Waals surface area contributed by atoms with Crippen LogP contribution < -0.4 is 0 Å². The van der Waals surface area contributed by atoms with Crippen molar-refractivity contribution in [3.63, 3.8) is 0 Å². The van der Waals surface area contributed by atoms with E-state index in [2.05, 4.69) is 0 Å². The van der Waals surface area contributed by atoms with E-state index >= 15 is 0 Å². The van der Waals surface area contributed by atoms with E-state index in [0.29, 0.717) is 17.7 Å². The van der Waals surface area contributed by atoms with Crippen LogP contribution in [-0.4, -0.2) is 20.0 Å². The van der Waals surface area contributed by atoms with Crippen LogP contribution in [0.4, 0.5) is 0 Å². The zero-order valence-electron chi connectivity index (χ0n) is 10.4. The maximum atomic E-state index is 12.4. The third-order valence-corrected chi connectivity index (χ3v) is 5.87. The molecule has 1 aliphatic heterocycles. The van der Waals surface area contributed by atoms with Crippen molar-refractivity contribution in [2.24, 2.45) is 0 Å². The first-order valence-corrected chi connectivity index (χ1v) is 7.47. The summed E-state index contributed by atoms with van der Waals surface area (Å²) in [7, 11) is -1.37. The summed E-state index contributed by atoms with van der Waals surface area (Å²) in [5, 5.41) is 0. The lowest BCUT2D eigenvalue weighted by Gasteiger charge is -2.30. The number of hydrogen-bond acceptors (Lipinski definition) is 2. The fourth-order valence-electron chi connectivity index (χ4n) is 2.00. The van der Waals surface area contributed by atoms with Gasteiger partial charge in [0.05, 0.1) is 10.8 Å². The molecule has 0 unspecified atom stereocenters. The molecule has 0 amide bonds. The minimum Gasteiger partial charge on any atom is -0.291 e. The highest BCUT2D eigenvalue weighted by Crippen LogP contribution is 2.37. The molecule has 18 heavy (non-hydrogen) atoms. The molecule has 1 heterocycles. The molecule has 1 aliphatic rings. The van der Waals surface area contributed by atoms with Crippen molar-refractivity contribution in [2.75, 3.05) is 5.75 Å². The fraction of sp³-hybridized carbons (Fsp3) is 0.357. The van der Waals surface area contributed by atoms with E-state index in [4.69, 9.17) is 11.6 Å². The summed E-state index contributed by atoms with van der Waals surface area (Å²) in [5.74, 6) is 0.142. The van der Waals surface area contributed by atoms with Crippen molar-refractivity contribution in [3.8, 4) is 0 Å². The Balaban J connectivity index is 2.38. The molecule has 0 bridgehead atoms. The Hall–Kier alpha value is -0.930. The first-order valence-electron chi connectivity index (χ1n) is 5.77. The predicted molar refractivity (Wildman–Crippen MR) is 75.4 cm³/mol. The zero-order chi connectivity index (χ0) is 13.3. The van der Waals surface area contributed by atoms with E-state index < -0.39 is 15.0 Å². The second-order valence-corrected chi connectivity index (χ2v) is 7.20. The van der Waals surface area contributed by atoms with Gasteiger partial charge in [0.2, 0.25) is 0 Å². The topological polar surface area (TPSA) is 34.1 Å². The maximum Gasteiger partial charge on any atom is 0.196 e. The van der Waals surface area contributed by atoms with E-state index in [1.165, 1.54) is 0 Å². The van der Waals surface area contributed by atoms with Gasteiger partial charge in [-0.05, 0) is 13.8 Å². The van der Waals surface area contributed by atoms with Crippen LogP contribution >= 0.6 is 11.6 Å². The minimum absolute atomic E-state index is 0.241. The van der Waals surface area contributed by atoms with Gasteiger partial charge >= 0.3 is 0 Å². The number of ketones is 1. The third-order valence-electron chi connectivity index (χ3n) is 3.30. The van der Waals surface area contributed by atoms with Crippen LogP contribution in [-0.2, 0) is 10.8 Å². The van der Waals surface area contributed by atoms with Crippen molar-refractivity contribution in [1.82, 2.24) is 0 Å². The monoisotopic (exact) mass is 282 g/mol. The van der Waals surface area contributed by atoms with Gasteiger partial charge in [-0.3, -0.25) is 9.00 Å². The molecule has 2 atom stereocenters. The van der Waals surface area contributed by atoms with Crippen molar-refractivity contribution < 1.29 is 9.00 Å². The SMILES string of the molecule is CC1=C(C)C[C@@](Cl)(C(=O)c2ccccc2)[S@](=O)C1. The standard InChI is InChI=1S/C14H15ClO2S/c1-10-8-14(15,18(17)9-11(10)2)13(16)12-6-4-3-5-7-12/h3-7H,8-9H2,1-2H3/t14-,18+/m0/s1. The predicted octanol–water partition coefficient (Wildman–Crippen LogP) is 3.29. The molecule has 0 radical (unpaired) electrons. The number of alkyl halides is 1. The number of allylic oxidation sites excluding steroid dienone is 1. The zero-order valence-corrected chi connectivity index (χ0v) is 12.0. The Morgan fingerprint density at radius 1 is 1.22 bits per heavy atom. The molecule has 2 rings (SSSR count). The van der Waals surface area contributed by atoms with Gasteiger partial charge in [-0.2, -0.15) is 0 Å². The third kappa shape index (κ3) is 2.29. The van der Waals surface area contributed by atoms with Crippen LogP contribution in [0.3, 0.4) is 0 Å². The van der Waals surface area contributed by atoms with E-state index in [-0.39, 0.29) is 5.78 Å².